The largest absolute Gasteiger partial charge is 0.455 e. The monoisotopic (exact) mass is 390 g/mol. The van der Waals surface area contributed by atoms with Crippen LogP contribution in [0.1, 0.15) is 46.9 Å². The van der Waals surface area contributed by atoms with Crippen molar-refractivity contribution in [2.24, 2.45) is 29.6 Å². The lowest BCUT2D eigenvalue weighted by Crippen LogP contribution is -2.38. The van der Waals surface area contributed by atoms with Gasteiger partial charge in [0.05, 0.1) is 11.1 Å². The fraction of sp³-hybridized carbons (Fsp3) is 0.440. The van der Waals surface area contributed by atoms with E-state index in [-0.39, 0.29) is 24.0 Å². The molecule has 4 nitrogen and oxygen atoms in total. The molecule has 0 aliphatic heterocycles. The molecule has 3 aliphatic rings. The summed E-state index contributed by atoms with van der Waals surface area (Å²) in [6, 6.07) is 18.1. The molecule has 0 aromatic heterocycles. The maximum Gasteiger partial charge on any atom is 0.338 e. The van der Waals surface area contributed by atoms with Gasteiger partial charge in [0.15, 0.2) is 0 Å². The maximum absolute atomic E-state index is 12.8. The number of carbonyl (C=O) groups is 2. The Balaban J connectivity index is 1.41. The van der Waals surface area contributed by atoms with Gasteiger partial charge in [-0.3, -0.25) is 0 Å². The second-order valence-electron chi connectivity index (χ2n) is 8.82. The molecule has 3 saturated carbocycles. The predicted octanol–water partition coefficient (Wildman–Crippen LogP) is 4.75. The molecule has 3 fully saturated rings. The van der Waals surface area contributed by atoms with E-state index in [1.165, 1.54) is 19.3 Å². The molecule has 0 spiro atoms. The molecule has 2 bridgehead atoms. The van der Waals surface area contributed by atoms with Crippen molar-refractivity contribution in [2.45, 2.75) is 38.4 Å². The summed E-state index contributed by atoms with van der Waals surface area (Å²) in [4.78, 5) is 25.6. The minimum absolute atomic E-state index is 0.191. The van der Waals surface area contributed by atoms with E-state index in [0.717, 1.165) is 0 Å². The van der Waals surface area contributed by atoms with Crippen molar-refractivity contribution in [1.29, 1.82) is 0 Å². The molecule has 2 aromatic rings. The van der Waals surface area contributed by atoms with E-state index < -0.39 is 6.10 Å². The smallest absolute Gasteiger partial charge is 0.338 e. The van der Waals surface area contributed by atoms with Crippen LogP contribution in [0.2, 0.25) is 0 Å². The van der Waals surface area contributed by atoms with E-state index in [2.05, 4.69) is 6.92 Å². The Hall–Kier alpha value is -2.62. The number of fused-ring (bicyclic) bond motifs is 5. The van der Waals surface area contributed by atoms with Crippen LogP contribution in [0.25, 0.3) is 0 Å². The van der Waals surface area contributed by atoms with Crippen molar-refractivity contribution < 1.29 is 19.1 Å². The molecular weight excluding hydrogens is 364 g/mol. The van der Waals surface area contributed by atoms with Gasteiger partial charge in [0.1, 0.15) is 12.2 Å². The average Bonchev–Trinajstić information content (AvgIpc) is 3.44. The van der Waals surface area contributed by atoms with Crippen LogP contribution in [0, 0.1) is 29.6 Å². The molecule has 4 heteroatoms. The van der Waals surface area contributed by atoms with Gasteiger partial charge in [0, 0.05) is 11.8 Å². The second-order valence-corrected chi connectivity index (χ2v) is 8.82. The summed E-state index contributed by atoms with van der Waals surface area (Å²) < 4.78 is 12.1. The Bertz CT molecular complexity index is 894. The third-order valence-corrected chi connectivity index (χ3v) is 7.38. The molecular formula is C25H26O4. The van der Waals surface area contributed by atoms with Gasteiger partial charge in [-0.1, -0.05) is 43.3 Å². The summed E-state index contributed by atoms with van der Waals surface area (Å²) >= 11 is 0. The van der Waals surface area contributed by atoms with Crippen molar-refractivity contribution in [2.75, 3.05) is 0 Å². The van der Waals surface area contributed by atoms with E-state index in [0.29, 0.717) is 34.8 Å². The first-order valence-corrected chi connectivity index (χ1v) is 10.7. The van der Waals surface area contributed by atoms with Crippen molar-refractivity contribution >= 4 is 11.9 Å². The van der Waals surface area contributed by atoms with Crippen LogP contribution in [0.4, 0.5) is 0 Å². The normalized spacial score (nSPS) is 34.6. The zero-order valence-electron chi connectivity index (χ0n) is 16.6. The lowest BCUT2D eigenvalue weighted by atomic mass is 9.78. The van der Waals surface area contributed by atoms with Crippen molar-refractivity contribution in [1.82, 2.24) is 0 Å². The van der Waals surface area contributed by atoms with Crippen LogP contribution >= 0.6 is 0 Å². The molecule has 7 unspecified atom stereocenters. The molecule has 0 heterocycles. The number of hydrogen-bond donors (Lipinski definition) is 0. The lowest BCUT2D eigenvalue weighted by molar-refractivity contribution is -0.0482. The first-order valence-electron chi connectivity index (χ1n) is 10.7. The highest BCUT2D eigenvalue weighted by atomic mass is 16.6. The first kappa shape index (κ1) is 18.4. The minimum Gasteiger partial charge on any atom is -0.455 e. The lowest BCUT2D eigenvalue weighted by Gasteiger charge is -2.29. The highest BCUT2D eigenvalue weighted by molar-refractivity contribution is 5.90. The third kappa shape index (κ3) is 3.15. The van der Waals surface area contributed by atoms with E-state index in [1.54, 1.807) is 24.3 Å². The SMILES string of the molecule is CC1C(OC(=O)c2ccccc2)C(OC(=O)c2ccccc2)C2C3CCC(C3)C12. The molecule has 150 valence electrons. The summed E-state index contributed by atoms with van der Waals surface area (Å²) in [6.07, 6.45) is 2.89. The number of hydrogen-bond acceptors (Lipinski definition) is 4. The Morgan fingerprint density at radius 2 is 1.21 bits per heavy atom. The van der Waals surface area contributed by atoms with Gasteiger partial charge in [-0.25, -0.2) is 9.59 Å². The maximum atomic E-state index is 12.8. The van der Waals surface area contributed by atoms with Crippen LogP contribution in [0.5, 0.6) is 0 Å². The Morgan fingerprint density at radius 3 is 1.76 bits per heavy atom. The summed E-state index contributed by atoms with van der Waals surface area (Å²) in [5.41, 5.74) is 1.08. The standard InChI is InChI=1S/C25H26O4/c1-15-20-18-12-13-19(14-18)21(20)23(29-25(27)17-10-6-3-7-11-17)22(15)28-24(26)16-8-4-2-5-9-16/h2-11,15,18-23H,12-14H2,1H3. The summed E-state index contributed by atoms with van der Waals surface area (Å²) in [5.74, 6) is 1.53. The number of ether oxygens (including phenoxy) is 2. The van der Waals surface area contributed by atoms with Gasteiger partial charge in [-0.05, 0) is 61.3 Å². The van der Waals surface area contributed by atoms with E-state index >= 15 is 0 Å². The predicted molar refractivity (Wildman–Crippen MR) is 108 cm³/mol. The molecule has 7 atom stereocenters. The van der Waals surface area contributed by atoms with Crippen molar-refractivity contribution in [3.8, 4) is 0 Å². The second kappa shape index (κ2) is 7.33. The quantitative estimate of drug-likeness (QED) is 0.707. The van der Waals surface area contributed by atoms with Gasteiger partial charge in [-0.2, -0.15) is 0 Å². The highest BCUT2D eigenvalue weighted by Gasteiger charge is 2.62. The summed E-state index contributed by atoms with van der Waals surface area (Å²) in [7, 11) is 0. The van der Waals surface area contributed by atoms with Gasteiger partial charge in [0.2, 0.25) is 0 Å². The number of benzene rings is 2. The summed E-state index contributed by atoms with van der Waals surface area (Å²) in [6.45, 7) is 2.16. The Morgan fingerprint density at radius 1 is 0.724 bits per heavy atom. The molecule has 29 heavy (non-hydrogen) atoms. The fourth-order valence-electron chi connectivity index (χ4n) is 6.24. The van der Waals surface area contributed by atoms with Crippen LogP contribution < -0.4 is 0 Å². The van der Waals surface area contributed by atoms with E-state index in [4.69, 9.17) is 9.47 Å². The highest BCUT2D eigenvalue weighted by Crippen LogP contribution is 2.61. The molecule has 0 amide bonds. The summed E-state index contributed by atoms with van der Waals surface area (Å²) in [5, 5.41) is 0. The third-order valence-electron chi connectivity index (χ3n) is 7.38. The van der Waals surface area contributed by atoms with Gasteiger partial charge < -0.3 is 9.47 Å². The van der Waals surface area contributed by atoms with E-state index in [1.807, 2.05) is 36.4 Å². The first-order chi connectivity index (χ1) is 14.1. The van der Waals surface area contributed by atoms with E-state index in [9.17, 15) is 9.59 Å². The van der Waals surface area contributed by atoms with Crippen LogP contribution in [-0.2, 0) is 9.47 Å². The Kier molecular flexibility index (Phi) is 4.65. The minimum atomic E-state index is -0.395. The molecule has 0 radical (unpaired) electrons. The molecule has 0 saturated heterocycles. The van der Waals surface area contributed by atoms with Gasteiger partial charge in [0.25, 0.3) is 0 Å². The number of rotatable bonds is 4. The zero-order chi connectivity index (χ0) is 20.0. The molecule has 3 aliphatic carbocycles. The number of carbonyl (C=O) groups excluding carboxylic acids is 2. The zero-order valence-corrected chi connectivity index (χ0v) is 16.6. The number of esters is 2. The topological polar surface area (TPSA) is 52.6 Å². The average molecular weight is 390 g/mol. The van der Waals surface area contributed by atoms with Crippen molar-refractivity contribution in [3.63, 3.8) is 0 Å². The molecule has 5 rings (SSSR count). The fourth-order valence-corrected chi connectivity index (χ4v) is 6.24. The van der Waals surface area contributed by atoms with Crippen LogP contribution in [-0.4, -0.2) is 24.1 Å². The molecule has 0 N–H and O–H groups in total. The van der Waals surface area contributed by atoms with Crippen molar-refractivity contribution in [3.05, 3.63) is 71.8 Å². The van der Waals surface area contributed by atoms with Crippen LogP contribution in [0.15, 0.2) is 60.7 Å². The van der Waals surface area contributed by atoms with Crippen LogP contribution in [0.3, 0.4) is 0 Å². The molecule has 2 aromatic carbocycles. The Labute approximate surface area is 171 Å². The van der Waals surface area contributed by atoms with Gasteiger partial charge >= 0.3 is 11.9 Å². The van der Waals surface area contributed by atoms with Gasteiger partial charge in [-0.15, -0.1) is 0 Å².